The maximum absolute atomic E-state index is 9.73. The van der Waals surface area contributed by atoms with Gasteiger partial charge >= 0.3 is 0 Å². The monoisotopic (exact) mass is 316 g/mol. The van der Waals surface area contributed by atoms with Crippen LogP contribution in [0.2, 0.25) is 0 Å². The molecule has 0 aliphatic carbocycles. The lowest BCUT2D eigenvalue weighted by atomic mass is 9.99. The van der Waals surface area contributed by atoms with E-state index in [-0.39, 0.29) is 11.5 Å². The molecule has 0 fully saturated rings. The second kappa shape index (κ2) is 5.70. The molecule has 0 unspecified atom stereocenters. The van der Waals surface area contributed by atoms with Gasteiger partial charge in [0.15, 0.2) is 11.5 Å². The Hall–Kier alpha value is -1.52. The van der Waals surface area contributed by atoms with Gasteiger partial charge in [0.2, 0.25) is 0 Å². The Labute approximate surface area is 133 Å². The quantitative estimate of drug-likeness (QED) is 0.543. The van der Waals surface area contributed by atoms with Crippen LogP contribution in [0.3, 0.4) is 0 Å². The Kier molecular flexibility index (Phi) is 3.91. The molecule has 2 N–H and O–H groups in total. The van der Waals surface area contributed by atoms with Crippen molar-refractivity contribution < 1.29 is 10.2 Å². The van der Waals surface area contributed by atoms with Gasteiger partial charge in [-0.2, -0.15) is 12.6 Å². The molecule has 0 aromatic heterocycles. The van der Waals surface area contributed by atoms with Crippen molar-refractivity contribution in [1.29, 1.82) is 0 Å². The van der Waals surface area contributed by atoms with E-state index < -0.39 is 0 Å². The van der Waals surface area contributed by atoms with Gasteiger partial charge in [-0.05, 0) is 59.0 Å². The fourth-order valence-electron chi connectivity index (χ4n) is 2.47. The van der Waals surface area contributed by atoms with E-state index in [9.17, 15) is 10.2 Å². The van der Waals surface area contributed by atoms with Gasteiger partial charge in [-0.15, -0.1) is 0 Å². The minimum Gasteiger partial charge on any atom is -0.504 e. The highest BCUT2D eigenvalue weighted by atomic mass is 32.2. The van der Waals surface area contributed by atoms with E-state index in [0.29, 0.717) is 5.75 Å². The lowest BCUT2D eigenvalue weighted by Gasteiger charge is -2.10. The second-order valence-electron chi connectivity index (χ2n) is 4.99. The number of hydrogen-bond acceptors (Lipinski definition) is 4. The molecule has 3 rings (SSSR count). The van der Waals surface area contributed by atoms with Gasteiger partial charge in [0.1, 0.15) is 0 Å². The van der Waals surface area contributed by atoms with Crippen LogP contribution in [-0.2, 0) is 5.75 Å². The zero-order valence-electron chi connectivity index (χ0n) is 11.6. The average molecular weight is 316 g/mol. The molecule has 0 amide bonds. The first-order valence-electron chi connectivity index (χ1n) is 6.81. The van der Waals surface area contributed by atoms with Crippen molar-refractivity contribution >= 4 is 36.0 Å². The molecule has 0 atom stereocenters. The summed E-state index contributed by atoms with van der Waals surface area (Å²) in [5.74, 6) is 0.551. The number of thiol groups is 1. The highest BCUT2D eigenvalue weighted by Crippen LogP contribution is 2.44. The summed E-state index contributed by atoms with van der Waals surface area (Å²) in [4.78, 5) is 2.12. The summed E-state index contributed by atoms with van der Waals surface area (Å²) in [5.41, 5.74) is 4.57. The van der Waals surface area contributed by atoms with E-state index in [1.165, 1.54) is 16.7 Å². The summed E-state index contributed by atoms with van der Waals surface area (Å²) < 4.78 is 0. The fraction of sp³-hybridized carbons (Fsp3) is 0.176. The van der Waals surface area contributed by atoms with E-state index in [1.807, 2.05) is 0 Å². The third kappa shape index (κ3) is 2.65. The first kappa shape index (κ1) is 14.4. The summed E-state index contributed by atoms with van der Waals surface area (Å²) in [5, 5.41) is 19.5. The molecular weight excluding hydrogens is 300 g/mol. The lowest BCUT2D eigenvalue weighted by Crippen LogP contribution is -1.88. The Morgan fingerprint density at radius 2 is 1.81 bits per heavy atom. The predicted octanol–water partition coefficient (Wildman–Crippen LogP) is 4.94. The maximum Gasteiger partial charge on any atom is 0.158 e. The van der Waals surface area contributed by atoms with Gasteiger partial charge in [0.05, 0.1) is 0 Å². The van der Waals surface area contributed by atoms with Crippen LogP contribution in [0.15, 0.2) is 40.1 Å². The van der Waals surface area contributed by atoms with Gasteiger partial charge < -0.3 is 10.2 Å². The summed E-state index contributed by atoms with van der Waals surface area (Å²) in [6, 6.07) is 9.61. The molecule has 0 radical (unpaired) electrons. The molecule has 2 nitrogen and oxygen atoms in total. The molecule has 4 heteroatoms. The molecule has 0 saturated carbocycles. The minimum absolute atomic E-state index is 0.0804. The van der Waals surface area contributed by atoms with E-state index in [0.717, 1.165) is 21.8 Å². The zero-order chi connectivity index (χ0) is 15.0. The van der Waals surface area contributed by atoms with Gasteiger partial charge in [-0.1, -0.05) is 24.8 Å². The maximum atomic E-state index is 9.73. The Morgan fingerprint density at radius 3 is 2.52 bits per heavy atom. The molecule has 1 heterocycles. The van der Waals surface area contributed by atoms with Crippen LogP contribution in [0.5, 0.6) is 11.5 Å². The van der Waals surface area contributed by atoms with Gasteiger partial charge in [-0.25, -0.2) is 0 Å². The van der Waals surface area contributed by atoms with Crippen molar-refractivity contribution in [3.8, 4) is 11.5 Å². The SMILES string of the molecule is CCC1=Cc2cc(O)c(O)cc2Sc2ccc(CS)cc21. The normalized spacial score (nSPS) is 13.1. The van der Waals surface area contributed by atoms with Gasteiger partial charge in [0.25, 0.3) is 0 Å². The van der Waals surface area contributed by atoms with E-state index in [1.54, 1.807) is 23.9 Å². The minimum atomic E-state index is -0.0805. The number of benzene rings is 2. The van der Waals surface area contributed by atoms with Gasteiger partial charge in [0, 0.05) is 15.5 Å². The Morgan fingerprint density at radius 1 is 1.05 bits per heavy atom. The molecular formula is C17H16O2S2. The van der Waals surface area contributed by atoms with Gasteiger partial charge in [-0.3, -0.25) is 0 Å². The average Bonchev–Trinajstić information content (AvgIpc) is 2.63. The number of aromatic hydroxyl groups is 2. The van der Waals surface area contributed by atoms with Crippen molar-refractivity contribution in [2.45, 2.75) is 28.9 Å². The Bertz CT molecular complexity index is 736. The number of rotatable bonds is 2. The summed E-state index contributed by atoms with van der Waals surface area (Å²) >= 11 is 5.96. The Balaban J connectivity index is 2.22. The molecule has 0 saturated heterocycles. The largest absolute Gasteiger partial charge is 0.504 e. The van der Waals surface area contributed by atoms with Crippen LogP contribution in [0.25, 0.3) is 11.6 Å². The molecule has 2 aromatic rings. The highest BCUT2D eigenvalue weighted by Gasteiger charge is 2.17. The van der Waals surface area contributed by atoms with E-state index in [2.05, 4.69) is 43.8 Å². The van der Waals surface area contributed by atoms with Crippen molar-refractivity contribution in [1.82, 2.24) is 0 Å². The molecule has 1 aliphatic heterocycles. The summed E-state index contributed by atoms with van der Waals surface area (Å²) in [6.45, 7) is 2.12. The third-order valence-electron chi connectivity index (χ3n) is 3.61. The van der Waals surface area contributed by atoms with Crippen LogP contribution in [-0.4, -0.2) is 10.2 Å². The van der Waals surface area contributed by atoms with E-state index in [4.69, 9.17) is 0 Å². The second-order valence-corrected chi connectivity index (χ2v) is 6.39. The number of hydrogen-bond donors (Lipinski definition) is 3. The highest BCUT2D eigenvalue weighted by molar-refractivity contribution is 7.99. The van der Waals surface area contributed by atoms with Crippen LogP contribution in [0, 0.1) is 0 Å². The topological polar surface area (TPSA) is 40.5 Å². The standard InChI is InChI=1S/C17H16O2S2/c1-2-11-6-12-7-14(18)15(19)8-17(12)21-16-4-3-10(9-20)5-13(11)16/h3-8,18-20H,2,9H2,1H3. The zero-order valence-corrected chi connectivity index (χ0v) is 13.3. The summed E-state index contributed by atoms with van der Waals surface area (Å²) in [7, 11) is 0. The predicted molar refractivity (Wildman–Crippen MR) is 91.2 cm³/mol. The van der Waals surface area contributed by atoms with Crippen LogP contribution >= 0.6 is 24.4 Å². The smallest absolute Gasteiger partial charge is 0.158 e. The van der Waals surface area contributed by atoms with Crippen molar-refractivity contribution in [2.75, 3.05) is 0 Å². The van der Waals surface area contributed by atoms with Crippen LogP contribution in [0.1, 0.15) is 30.0 Å². The van der Waals surface area contributed by atoms with Crippen LogP contribution < -0.4 is 0 Å². The lowest BCUT2D eigenvalue weighted by molar-refractivity contribution is 0.402. The molecule has 1 aliphatic rings. The number of fused-ring (bicyclic) bond motifs is 2. The molecule has 108 valence electrons. The molecule has 21 heavy (non-hydrogen) atoms. The van der Waals surface area contributed by atoms with E-state index >= 15 is 0 Å². The third-order valence-corrected chi connectivity index (χ3v) is 5.12. The number of phenols is 2. The number of phenolic OH excluding ortho intramolecular Hbond substituents is 2. The summed E-state index contributed by atoms with van der Waals surface area (Å²) in [6.07, 6.45) is 3.00. The first-order valence-corrected chi connectivity index (χ1v) is 8.25. The van der Waals surface area contributed by atoms with Crippen molar-refractivity contribution in [2.24, 2.45) is 0 Å². The molecule has 0 spiro atoms. The van der Waals surface area contributed by atoms with Crippen molar-refractivity contribution in [3.05, 3.63) is 47.0 Å². The molecule has 0 bridgehead atoms. The fourth-order valence-corrected chi connectivity index (χ4v) is 3.74. The van der Waals surface area contributed by atoms with Crippen molar-refractivity contribution in [3.63, 3.8) is 0 Å². The van der Waals surface area contributed by atoms with Crippen LogP contribution in [0.4, 0.5) is 0 Å². The first-order chi connectivity index (χ1) is 10.1. The number of allylic oxidation sites excluding steroid dienone is 1. The molecule has 2 aromatic carbocycles.